The molecule has 0 bridgehead atoms. The van der Waals surface area contributed by atoms with Crippen molar-refractivity contribution >= 4 is 23.2 Å². The lowest BCUT2D eigenvalue weighted by Crippen LogP contribution is -2.14. The van der Waals surface area contributed by atoms with Crippen LogP contribution in [0.1, 0.15) is 16.1 Å². The van der Waals surface area contributed by atoms with Gasteiger partial charge in [-0.05, 0) is 61.5 Å². The van der Waals surface area contributed by atoms with Crippen molar-refractivity contribution in [3.8, 4) is 11.4 Å². The SMILES string of the molecule is Cc1nn(-c2ccc(F)cc2)c(Cl)c1C(=O)Nc1cc(-n2cccc2)ccc1F. The van der Waals surface area contributed by atoms with Crippen molar-refractivity contribution in [2.45, 2.75) is 6.92 Å². The molecule has 2 heterocycles. The molecule has 1 N–H and O–H groups in total. The van der Waals surface area contributed by atoms with Gasteiger partial charge >= 0.3 is 0 Å². The van der Waals surface area contributed by atoms with Crippen molar-refractivity contribution in [3.05, 3.63) is 95.0 Å². The van der Waals surface area contributed by atoms with Gasteiger partial charge in [-0.1, -0.05) is 11.6 Å². The minimum Gasteiger partial charge on any atom is -0.324 e. The zero-order valence-corrected chi connectivity index (χ0v) is 16.0. The molecule has 0 fully saturated rings. The average Bonchev–Trinajstić information content (AvgIpc) is 3.32. The molecule has 146 valence electrons. The van der Waals surface area contributed by atoms with E-state index in [4.69, 9.17) is 11.6 Å². The Balaban J connectivity index is 1.66. The van der Waals surface area contributed by atoms with Gasteiger partial charge in [-0.2, -0.15) is 5.10 Å². The maximum absolute atomic E-state index is 14.3. The molecule has 0 unspecified atom stereocenters. The van der Waals surface area contributed by atoms with Crippen molar-refractivity contribution < 1.29 is 13.6 Å². The quantitative estimate of drug-likeness (QED) is 0.503. The second-order valence-corrected chi connectivity index (χ2v) is 6.71. The smallest absolute Gasteiger partial charge is 0.260 e. The second kappa shape index (κ2) is 7.52. The highest BCUT2D eigenvalue weighted by molar-refractivity contribution is 6.34. The second-order valence-electron chi connectivity index (χ2n) is 6.35. The van der Waals surface area contributed by atoms with Crippen LogP contribution < -0.4 is 5.32 Å². The minimum atomic E-state index is -0.593. The first-order valence-corrected chi connectivity index (χ1v) is 9.07. The first-order valence-electron chi connectivity index (χ1n) is 8.69. The van der Waals surface area contributed by atoms with Gasteiger partial charge in [0.05, 0.1) is 17.1 Å². The zero-order valence-electron chi connectivity index (χ0n) is 15.2. The molecular weight excluding hydrogens is 398 g/mol. The molecule has 8 heteroatoms. The summed E-state index contributed by atoms with van der Waals surface area (Å²) in [4.78, 5) is 12.8. The summed E-state index contributed by atoms with van der Waals surface area (Å²) in [5.41, 5.74) is 1.68. The normalized spacial score (nSPS) is 10.9. The summed E-state index contributed by atoms with van der Waals surface area (Å²) in [5, 5.41) is 6.87. The van der Waals surface area contributed by atoms with Crippen LogP contribution in [-0.2, 0) is 0 Å². The molecule has 0 saturated heterocycles. The van der Waals surface area contributed by atoms with E-state index in [0.717, 1.165) is 0 Å². The lowest BCUT2D eigenvalue weighted by atomic mass is 10.2. The van der Waals surface area contributed by atoms with Crippen molar-refractivity contribution in [1.29, 1.82) is 0 Å². The van der Waals surface area contributed by atoms with E-state index in [9.17, 15) is 13.6 Å². The molecule has 0 radical (unpaired) electrons. The lowest BCUT2D eigenvalue weighted by molar-refractivity contribution is 0.102. The largest absolute Gasteiger partial charge is 0.324 e. The van der Waals surface area contributed by atoms with E-state index in [2.05, 4.69) is 10.4 Å². The molecule has 0 aliphatic rings. The van der Waals surface area contributed by atoms with E-state index >= 15 is 0 Å². The van der Waals surface area contributed by atoms with E-state index < -0.39 is 17.5 Å². The first kappa shape index (κ1) is 18.9. The first-order chi connectivity index (χ1) is 13.9. The number of nitrogens with zero attached hydrogens (tertiary/aromatic N) is 3. The Kier molecular flexibility index (Phi) is 4.90. The Morgan fingerprint density at radius 3 is 2.38 bits per heavy atom. The Hall–Kier alpha value is -3.45. The fourth-order valence-electron chi connectivity index (χ4n) is 2.97. The molecule has 0 saturated carbocycles. The van der Waals surface area contributed by atoms with Gasteiger partial charge in [-0.15, -0.1) is 0 Å². The van der Waals surface area contributed by atoms with Gasteiger partial charge in [0.25, 0.3) is 5.91 Å². The fraction of sp³-hybridized carbons (Fsp3) is 0.0476. The summed E-state index contributed by atoms with van der Waals surface area (Å²) in [6.45, 7) is 1.62. The number of aryl methyl sites for hydroxylation is 1. The number of nitrogens with one attached hydrogen (secondary N) is 1. The highest BCUT2D eigenvalue weighted by Gasteiger charge is 2.22. The summed E-state index contributed by atoms with van der Waals surface area (Å²) in [5.74, 6) is -1.57. The molecule has 0 aliphatic heterocycles. The maximum Gasteiger partial charge on any atom is 0.260 e. The number of amides is 1. The maximum atomic E-state index is 14.3. The number of anilines is 1. The molecule has 2 aromatic heterocycles. The van der Waals surface area contributed by atoms with Crippen LogP contribution in [0.15, 0.2) is 67.0 Å². The predicted molar refractivity (Wildman–Crippen MR) is 107 cm³/mol. The van der Waals surface area contributed by atoms with Crippen molar-refractivity contribution in [3.63, 3.8) is 0 Å². The number of carbonyl (C=O) groups is 1. The molecule has 29 heavy (non-hydrogen) atoms. The van der Waals surface area contributed by atoms with Crippen molar-refractivity contribution in [2.75, 3.05) is 5.32 Å². The van der Waals surface area contributed by atoms with Gasteiger partial charge in [-0.25, -0.2) is 13.5 Å². The van der Waals surface area contributed by atoms with E-state index in [0.29, 0.717) is 17.1 Å². The van der Waals surface area contributed by atoms with Crippen molar-refractivity contribution in [2.24, 2.45) is 0 Å². The highest BCUT2D eigenvalue weighted by Crippen LogP contribution is 2.26. The van der Waals surface area contributed by atoms with Gasteiger partial charge in [0, 0.05) is 18.1 Å². The lowest BCUT2D eigenvalue weighted by Gasteiger charge is -2.10. The third-order valence-corrected chi connectivity index (χ3v) is 4.75. The number of rotatable bonds is 4. The van der Waals surface area contributed by atoms with Crippen LogP contribution in [-0.4, -0.2) is 20.3 Å². The van der Waals surface area contributed by atoms with E-state index in [1.807, 2.05) is 24.5 Å². The number of carbonyl (C=O) groups excluding carboxylic acids is 1. The Morgan fingerprint density at radius 1 is 1.03 bits per heavy atom. The standard InChI is InChI=1S/C21H15ClF2N4O/c1-13-19(20(22)28(26-13)15-6-4-14(23)5-7-15)21(29)25-18-12-16(8-9-17(18)24)27-10-2-3-11-27/h2-12H,1H3,(H,25,29). The van der Waals surface area contributed by atoms with Crippen LogP contribution in [0.5, 0.6) is 0 Å². The van der Waals surface area contributed by atoms with E-state index in [1.54, 1.807) is 17.6 Å². The Labute approximate surface area is 170 Å². The molecule has 2 aromatic carbocycles. The molecule has 0 atom stereocenters. The molecule has 0 spiro atoms. The summed E-state index contributed by atoms with van der Waals surface area (Å²) in [6.07, 6.45) is 3.62. The van der Waals surface area contributed by atoms with E-state index in [1.165, 1.54) is 41.1 Å². The van der Waals surface area contributed by atoms with E-state index in [-0.39, 0.29) is 16.4 Å². The molecular formula is C21H15ClF2N4O. The third-order valence-electron chi connectivity index (χ3n) is 4.40. The topological polar surface area (TPSA) is 51.9 Å². The molecule has 4 aromatic rings. The number of hydrogen-bond acceptors (Lipinski definition) is 2. The zero-order chi connectivity index (χ0) is 20.5. The minimum absolute atomic E-state index is 0.0196. The molecule has 4 rings (SSSR count). The molecule has 5 nitrogen and oxygen atoms in total. The molecule has 1 amide bonds. The summed E-state index contributed by atoms with van der Waals surface area (Å²) in [7, 11) is 0. The Morgan fingerprint density at radius 2 is 1.69 bits per heavy atom. The van der Waals surface area contributed by atoms with Crippen LogP contribution in [0.25, 0.3) is 11.4 Å². The number of aromatic nitrogens is 3. The average molecular weight is 413 g/mol. The third kappa shape index (κ3) is 3.64. The van der Waals surface area contributed by atoms with Crippen LogP contribution in [0, 0.1) is 18.6 Å². The fourth-order valence-corrected chi connectivity index (χ4v) is 3.33. The van der Waals surface area contributed by atoms with Crippen molar-refractivity contribution in [1.82, 2.24) is 14.3 Å². The van der Waals surface area contributed by atoms with Gasteiger partial charge in [0.2, 0.25) is 0 Å². The Bertz CT molecular complexity index is 1180. The van der Waals surface area contributed by atoms with Gasteiger partial charge in [0.15, 0.2) is 0 Å². The molecule has 0 aliphatic carbocycles. The highest BCUT2D eigenvalue weighted by atomic mass is 35.5. The monoisotopic (exact) mass is 412 g/mol. The van der Waals surface area contributed by atoms with Crippen LogP contribution >= 0.6 is 11.6 Å². The summed E-state index contributed by atoms with van der Waals surface area (Å²) < 4.78 is 30.6. The predicted octanol–water partition coefficient (Wildman–Crippen LogP) is 5.16. The van der Waals surface area contributed by atoms with Gasteiger partial charge < -0.3 is 9.88 Å². The number of hydrogen-bond donors (Lipinski definition) is 1. The van der Waals surface area contributed by atoms with Gasteiger partial charge in [0.1, 0.15) is 22.4 Å². The number of benzene rings is 2. The van der Waals surface area contributed by atoms with Crippen LogP contribution in [0.2, 0.25) is 5.15 Å². The van der Waals surface area contributed by atoms with Crippen LogP contribution in [0.4, 0.5) is 14.5 Å². The van der Waals surface area contributed by atoms with Crippen LogP contribution in [0.3, 0.4) is 0 Å². The summed E-state index contributed by atoms with van der Waals surface area (Å²) in [6, 6.07) is 13.6. The van der Waals surface area contributed by atoms with Gasteiger partial charge in [-0.3, -0.25) is 4.79 Å². The number of halogens is 3. The summed E-state index contributed by atoms with van der Waals surface area (Å²) >= 11 is 6.37.